The minimum Gasteiger partial charge on any atom is -0.470 e. The number of fused-ring (bicyclic) bond motifs is 1. The SMILES string of the molecule is O=C(c1ccc2[nH]ccc2c1)N1CC(Oc2ncccc2C(F)(F)F)C1. The molecule has 0 spiro atoms. The second-order valence-corrected chi connectivity index (χ2v) is 6.08. The quantitative estimate of drug-likeness (QED) is 0.777. The van der Waals surface area contributed by atoms with Gasteiger partial charge in [0.1, 0.15) is 11.7 Å². The maximum Gasteiger partial charge on any atom is 0.421 e. The maximum atomic E-state index is 13.0. The summed E-state index contributed by atoms with van der Waals surface area (Å²) in [5, 5.41) is 0.924. The van der Waals surface area contributed by atoms with Crippen molar-refractivity contribution in [2.75, 3.05) is 13.1 Å². The first-order valence-electron chi connectivity index (χ1n) is 7.97. The van der Waals surface area contributed by atoms with Crippen molar-refractivity contribution in [3.05, 3.63) is 59.9 Å². The topological polar surface area (TPSA) is 58.2 Å². The highest BCUT2D eigenvalue weighted by atomic mass is 19.4. The Kier molecular flexibility index (Phi) is 3.82. The number of ether oxygens (including phenoxy) is 1. The zero-order chi connectivity index (χ0) is 18.3. The van der Waals surface area contributed by atoms with Crippen molar-refractivity contribution in [1.29, 1.82) is 0 Å². The number of hydrogen-bond donors (Lipinski definition) is 1. The summed E-state index contributed by atoms with van der Waals surface area (Å²) in [5.74, 6) is -0.629. The number of nitrogens with one attached hydrogen (secondary N) is 1. The van der Waals surface area contributed by atoms with Crippen LogP contribution in [0.3, 0.4) is 0 Å². The molecule has 1 aliphatic heterocycles. The van der Waals surface area contributed by atoms with E-state index >= 15 is 0 Å². The molecule has 0 aliphatic carbocycles. The first kappa shape index (κ1) is 16.4. The lowest BCUT2D eigenvalue weighted by molar-refractivity contribution is -0.140. The lowest BCUT2D eigenvalue weighted by Crippen LogP contribution is -2.56. The van der Waals surface area contributed by atoms with Gasteiger partial charge < -0.3 is 14.6 Å². The number of rotatable bonds is 3. The van der Waals surface area contributed by atoms with Gasteiger partial charge in [-0.05, 0) is 36.4 Å². The van der Waals surface area contributed by atoms with E-state index in [0.29, 0.717) is 5.56 Å². The van der Waals surface area contributed by atoms with Gasteiger partial charge in [0, 0.05) is 28.9 Å². The van der Waals surface area contributed by atoms with Crippen LogP contribution in [0.1, 0.15) is 15.9 Å². The summed E-state index contributed by atoms with van der Waals surface area (Å²) in [6, 6.07) is 9.33. The van der Waals surface area contributed by atoms with E-state index in [1.165, 1.54) is 17.2 Å². The van der Waals surface area contributed by atoms with Crippen molar-refractivity contribution in [3.8, 4) is 5.88 Å². The van der Waals surface area contributed by atoms with Crippen LogP contribution < -0.4 is 4.74 Å². The monoisotopic (exact) mass is 361 g/mol. The number of likely N-dealkylation sites (tertiary alicyclic amines) is 1. The Morgan fingerprint density at radius 1 is 1.23 bits per heavy atom. The van der Waals surface area contributed by atoms with Gasteiger partial charge in [-0.25, -0.2) is 4.98 Å². The lowest BCUT2D eigenvalue weighted by Gasteiger charge is -2.39. The molecule has 0 saturated carbocycles. The van der Waals surface area contributed by atoms with E-state index in [1.807, 2.05) is 12.1 Å². The van der Waals surface area contributed by atoms with Crippen LogP contribution in [0, 0.1) is 0 Å². The third kappa shape index (κ3) is 2.98. The molecule has 0 bridgehead atoms. The van der Waals surface area contributed by atoms with Gasteiger partial charge in [-0.1, -0.05) is 0 Å². The van der Waals surface area contributed by atoms with Crippen LogP contribution in [0.15, 0.2) is 48.8 Å². The highest BCUT2D eigenvalue weighted by Gasteiger charge is 2.38. The van der Waals surface area contributed by atoms with Crippen LogP contribution in [0.5, 0.6) is 5.88 Å². The van der Waals surface area contributed by atoms with Gasteiger partial charge in [-0.3, -0.25) is 4.79 Å². The van der Waals surface area contributed by atoms with Gasteiger partial charge in [0.2, 0.25) is 5.88 Å². The van der Waals surface area contributed by atoms with Gasteiger partial charge in [0.15, 0.2) is 0 Å². The number of H-pyrrole nitrogens is 1. The third-order valence-electron chi connectivity index (χ3n) is 4.29. The molecule has 1 amide bonds. The first-order chi connectivity index (χ1) is 12.4. The standard InChI is InChI=1S/C18H14F3N3O2/c19-18(20,21)14-2-1-6-23-16(14)26-13-9-24(10-13)17(25)12-3-4-15-11(8-12)5-7-22-15/h1-8,13,22H,9-10H2. The molecule has 2 aromatic heterocycles. The fourth-order valence-corrected chi connectivity index (χ4v) is 2.91. The van der Waals surface area contributed by atoms with Crippen molar-refractivity contribution >= 4 is 16.8 Å². The number of benzene rings is 1. The number of hydrogen-bond acceptors (Lipinski definition) is 3. The zero-order valence-electron chi connectivity index (χ0n) is 13.5. The highest BCUT2D eigenvalue weighted by Crippen LogP contribution is 2.35. The number of alkyl halides is 3. The molecule has 1 fully saturated rings. The Hall–Kier alpha value is -3.03. The summed E-state index contributed by atoms with van der Waals surface area (Å²) in [4.78, 5) is 20.7. The van der Waals surface area contributed by atoms with Crippen LogP contribution in [0.4, 0.5) is 13.2 Å². The van der Waals surface area contributed by atoms with Crippen LogP contribution in [0.2, 0.25) is 0 Å². The summed E-state index contributed by atoms with van der Waals surface area (Å²) in [6.07, 6.45) is -2.00. The van der Waals surface area contributed by atoms with Crippen LogP contribution in [0.25, 0.3) is 10.9 Å². The van der Waals surface area contributed by atoms with E-state index in [9.17, 15) is 18.0 Å². The van der Waals surface area contributed by atoms with Gasteiger partial charge in [-0.15, -0.1) is 0 Å². The third-order valence-corrected chi connectivity index (χ3v) is 4.29. The molecule has 1 N–H and O–H groups in total. The molecule has 3 aromatic rings. The maximum absolute atomic E-state index is 13.0. The number of carbonyl (C=O) groups is 1. The number of halogens is 3. The Morgan fingerprint density at radius 2 is 2.04 bits per heavy atom. The largest absolute Gasteiger partial charge is 0.470 e. The van der Waals surface area contributed by atoms with Gasteiger partial charge in [0.05, 0.1) is 13.1 Å². The Bertz CT molecular complexity index is 961. The molecule has 1 aromatic carbocycles. The zero-order valence-corrected chi connectivity index (χ0v) is 13.5. The molecule has 5 nitrogen and oxygen atoms in total. The molecular formula is C18H14F3N3O2. The second kappa shape index (κ2) is 6.05. The molecule has 134 valence electrons. The lowest BCUT2D eigenvalue weighted by atomic mass is 10.1. The average molecular weight is 361 g/mol. The van der Waals surface area contributed by atoms with Crippen molar-refractivity contribution in [3.63, 3.8) is 0 Å². The molecule has 1 aliphatic rings. The number of amides is 1. The first-order valence-corrected chi connectivity index (χ1v) is 7.97. The van der Waals surface area contributed by atoms with Crippen LogP contribution in [-0.2, 0) is 6.18 Å². The van der Waals surface area contributed by atoms with E-state index in [0.717, 1.165) is 17.0 Å². The van der Waals surface area contributed by atoms with E-state index in [2.05, 4.69) is 9.97 Å². The number of pyridine rings is 1. The smallest absolute Gasteiger partial charge is 0.421 e. The summed E-state index contributed by atoms with van der Waals surface area (Å²) >= 11 is 0. The molecule has 0 unspecified atom stereocenters. The average Bonchev–Trinajstić information content (AvgIpc) is 3.04. The molecule has 8 heteroatoms. The number of nitrogens with zero attached hydrogens (tertiary/aromatic N) is 2. The van der Waals surface area contributed by atoms with Gasteiger partial charge >= 0.3 is 6.18 Å². The Balaban J connectivity index is 1.42. The normalized spacial score (nSPS) is 15.1. The van der Waals surface area contributed by atoms with Crippen molar-refractivity contribution in [2.24, 2.45) is 0 Å². The van der Waals surface area contributed by atoms with E-state index < -0.39 is 23.7 Å². The molecule has 0 atom stereocenters. The predicted octanol–water partition coefficient (Wildman–Crippen LogP) is 3.49. The van der Waals surface area contributed by atoms with Crippen molar-refractivity contribution < 1.29 is 22.7 Å². The molecule has 3 heterocycles. The summed E-state index contributed by atoms with van der Waals surface area (Å²) in [5.41, 5.74) is 0.549. The van der Waals surface area contributed by atoms with Crippen LogP contribution in [-0.4, -0.2) is 40.0 Å². The summed E-state index contributed by atoms with van der Waals surface area (Å²) in [7, 11) is 0. The Labute approximate surface area is 146 Å². The van der Waals surface area contributed by atoms with E-state index in [4.69, 9.17) is 4.74 Å². The van der Waals surface area contributed by atoms with Gasteiger partial charge in [0.25, 0.3) is 5.91 Å². The second-order valence-electron chi connectivity index (χ2n) is 6.08. The van der Waals surface area contributed by atoms with Crippen molar-refractivity contribution in [2.45, 2.75) is 12.3 Å². The summed E-state index contributed by atoms with van der Waals surface area (Å²) < 4.78 is 44.2. The number of carbonyl (C=O) groups excluding carboxylic acids is 1. The van der Waals surface area contributed by atoms with E-state index in [1.54, 1.807) is 18.3 Å². The minimum absolute atomic E-state index is 0.176. The van der Waals surface area contributed by atoms with Crippen molar-refractivity contribution in [1.82, 2.24) is 14.9 Å². The molecule has 0 radical (unpaired) electrons. The fourth-order valence-electron chi connectivity index (χ4n) is 2.91. The Morgan fingerprint density at radius 3 is 2.81 bits per heavy atom. The number of aromatic amines is 1. The van der Waals surface area contributed by atoms with Crippen LogP contribution >= 0.6 is 0 Å². The molecule has 4 rings (SSSR count). The van der Waals surface area contributed by atoms with E-state index in [-0.39, 0.29) is 19.0 Å². The fraction of sp³-hybridized carbons (Fsp3) is 0.222. The van der Waals surface area contributed by atoms with Gasteiger partial charge in [-0.2, -0.15) is 13.2 Å². The molecular weight excluding hydrogens is 347 g/mol. The highest BCUT2D eigenvalue weighted by molar-refractivity contribution is 5.98. The minimum atomic E-state index is -4.53. The molecule has 1 saturated heterocycles. The summed E-state index contributed by atoms with van der Waals surface area (Å²) in [6.45, 7) is 0.440. The predicted molar refractivity (Wildman–Crippen MR) is 87.9 cm³/mol. The number of aromatic nitrogens is 2. The molecule has 26 heavy (non-hydrogen) atoms.